The molecule has 3 heteroatoms. The van der Waals surface area contributed by atoms with Crippen LogP contribution in [0.3, 0.4) is 0 Å². The predicted molar refractivity (Wildman–Crippen MR) is 70.4 cm³/mol. The molecule has 0 bridgehead atoms. The zero-order chi connectivity index (χ0) is 12.7. The van der Waals surface area contributed by atoms with Crippen LogP contribution in [0, 0.1) is 6.92 Å². The fourth-order valence-electron chi connectivity index (χ4n) is 1.78. The average Bonchev–Trinajstić information content (AvgIpc) is 2.30. The number of benzene rings is 1. The molecule has 0 saturated carbocycles. The van der Waals surface area contributed by atoms with Gasteiger partial charge in [-0.25, -0.2) is 4.79 Å². The topological polar surface area (TPSA) is 49.3 Å². The number of rotatable bonds is 7. The number of nitrogens with one attached hydrogen (secondary N) is 1. The van der Waals surface area contributed by atoms with Gasteiger partial charge in [0.15, 0.2) is 0 Å². The van der Waals surface area contributed by atoms with Gasteiger partial charge in [0.2, 0.25) is 0 Å². The number of unbranched alkanes of at least 4 members (excludes halogenated alkanes) is 2. The largest absolute Gasteiger partial charge is 0.480 e. The molecule has 1 rings (SSSR count). The van der Waals surface area contributed by atoms with Crippen LogP contribution in [0.2, 0.25) is 0 Å². The van der Waals surface area contributed by atoms with Gasteiger partial charge >= 0.3 is 5.97 Å². The Labute approximate surface area is 103 Å². The second-order valence-corrected chi connectivity index (χ2v) is 4.35. The van der Waals surface area contributed by atoms with Crippen LogP contribution in [0.4, 0.5) is 5.69 Å². The lowest BCUT2D eigenvalue weighted by Crippen LogP contribution is -2.29. The summed E-state index contributed by atoms with van der Waals surface area (Å²) < 4.78 is 0. The highest BCUT2D eigenvalue weighted by Crippen LogP contribution is 2.16. The number of para-hydroxylation sites is 1. The van der Waals surface area contributed by atoms with Crippen molar-refractivity contribution in [1.82, 2.24) is 0 Å². The molecule has 3 nitrogen and oxygen atoms in total. The number of hydrogen-bond donors (Lipinski definition) is 2. The molecule has 94 valence electrons. The second kappa shape index (κ2) is 6.94. The maximum absolute atomic E-state index is 11.1. The minimum atomic E-state index is -0.774. The van der Waals surface area contributed by atoms with Crippen molar-refractivity contribution in [2.24, 2.45) is 0 Å². The van der Waals surface area contributed by atoms with Crippen LogP contribution in [0.25, 0.3) is 0 Å². The molecule has 0 amide bonds. The number of anilines is 1. The van der Waals surface area contributed by atoms with E-state index in [1.54, 1.807) is 0 Å². The molecule has 0 aromatic heterocycles. The molecular formula is C14H21NO2. The molecule has 0 aliphatic rings. The Bertz CT molecular complexity index is 363. The van der Waals surface area contributed by atoms with Gasteiger partial charge in [0.05, 0.1) is 0 Å². The van der Waals surface area contributed by atoms with E-state index in [9.17, 15) is 4.79 Å². The Morgan fingerprint density at radius 3 is 2.65 bits per heavy atom. The Balaban J connectivity index is 2.61. The highest BCUT2D eigenvalue weighted by molar-refractivity contribution is 5.77. The van der Waals surface area contributed by atoms with Crippen molar-refractivity contribution in [2.45, 2.75) is 45.6 Å². The van der Waals surface area contributed by atoms with Crippen LogP contribution in [0.5, 0.6) is 0 Å². The quantitative estimate of drug-likeness (QED) is 0.712. The second-order valence-electron chi connectivity index (χ2n) is 4.35. The molecule has 0 fully saturated rings. The molecule has 2 N–H and O–H groups in total. The number of aliphatic carboxylic acids is 1. The number of carbonyl (C=O) groups is 1. The first-order chi connectivity index (χ1) is 8.15. The maximum atomic E-state index is 11.1. The van der Waals surface area contributed by atoms with E-state index < -0.39 is 12.0 Å². The number of hydrogen-bond acceptors (Lipinski definition) is 2. The molecule has 17 heavy (non-hydrogen) atoms. The first kappa shape index (κ1) is 13.6. The van der Waals surface area contributed by atoms with Crippen molar-refractivity contribution in [2.75, 3.05) is 5.32 Å². The molecule has 1 atom stereocenters. The maximum Gasteiger partial charge on any atom is 0.326 e. The van der Waals surface area contributed by atoms with Crippen LogP contribution in [0.1, 0.15) is 38.2 Å². The normalized spacial score (nSPS) is 12.1. The average molecular weight is 235 g/mol. The van der Waals surface area contributed by atoms with E-state index >= 15 is 0 Å². The first-order valence-corrected chi connectivity index (χ1v) is 6.20. The molecule has 0 aliphatic heterocycles. The van der Waals surface area contributed by atoms with Crippen LogP contribution >= 0.6 is 0 Å². The number of carboxylic acid groups (broad SMARTS) is 1. The van der Waals surface area contributed by atoms with Crippen molar-refractivity contribution in [3.05, 3.63) is 29.8 Å². The zero-order valence-electron chi connectivity index (χ0n) is 10.6. The fourth-order valence-corrected chi connectivity index (χ4v) is 1.78. The summed E-state index contributed by atoms with van der Waals surface area (Å²) >= 11 is 0. The summed E-state index contributed by atoms with van der Waals surface area (Å²) in [5, 5.41) is 12.3. The summed E-state index contributed by atoms with van der Waals surface area (Å²) in [6.07, 6.45) is 3.82. The first-order valence-electron chi connectivity index (χ1n) is 6.20. The van der Waals surface area contributed by atoms with E-state index in [0.717, 1.165) is 30.5 Å². The summed E-state index contributed by atoms with van der Waals surface area (Å²) in [5.41, 5.74) is 1.99. The van der Waals surface area contributed by atoms with Gasteiger partial charge < -0.3 is 10.4 Å². The van der Waals surface area contributed by atoms with Gasteiger partial charge in [-0.05, 0) is 25.0 Å². The van der Waals surface area contributed by atoms with Crippen molar-refractivity contribution < 1.29 is 9.90 Å². The summed E-state index contributed by atoms with van der Waals surface area (Å²) in [7, 11) is 0. The van der Waals surface area contributed by atoms with Gasteiger partial charge in [0.25, 0.3) is 0 Å². The Kier molecular flexibility index (Phi) is 5.53. The Hall–Kier alpha value is -1.51. The highest BCUT2D eigenvalue weighted by Gasteiger charge is 2.16. The van der Waals surface area contributed by atoms with Crippen LogP contribution < -0.4 is 5.32 Å². The minimum absolute atomic E-state index is 0.484. The Morgan fingerprint density at radius 2 is 2.06 bits per heavy atom. The van der Waals surface area contributed by atoms with E-state index in [1.807, 2.05) is 31.2 Å². The summed E-state index contributed by atoms with van der Waals surface area (Å²) in [4.78, 5) is 11.1. The lowest BCUT2D eigenvalue weighted by atomic mass is 10.1. The van der Waals surface area contributed by atoms with Crippen molar-refractivity contribution in [3.63, 3.8) is 0 Å². The lowest BCUT2D eigenvalue weighted by Gasteiger charge is -2.17. The molecule has 1 aromatic rings. The van der Waals surface area contributed by atoms with Gasteiger partial charge in [-0.2, -0.15) is 0 Å². The molecule has 1 unspecified atom stereocenters. The minimum Gasteiger partial charge on any atom is -0.480 e. The summed E-state index contributed by atoms with van der Waals surface area (Å²) in [5.74, 6) is -0.774. The number of aryl methyl sites for hydroxylation is 1. The van der Waals surface area contributed by atoms with Gasteiger partial charge in [-0.1, -0.05) is 44.4 Å². The van der Waals surface area contributed by atoms with Crippen LogP contribution in [-0.4, -0.2) is 17.1 Å². The summed E-state index contributed by atoms with van der Waals surface area (Å²) in [6, 6.07) is 7.29. The van der Waals surface area contributed by atoms with E-state index in [2.05, 4.69) is 12.2 Å². The van der Waals surface area contributed by atoms with E-state index in [0.29, 0.717) is 6.42 Å². The molecular weight excluding hydrogens is 214 g/mol. The van der Waals surface area contributed by atoms with Gasteiger partial charge in [-0.3, -0.25) is 0 Å². The van der Waals surface area contributed by atoms with Gasteiger partial charge in [0, 0.05) is 5.69 Å². The predicted octanol–water partition coefficient (Wildman–Crippen LogP) is 3.44. The summed E-state index contributed by atoms with van der Waals surface area (Å²) in [6.45, 7) is 4.10. The molecule has 0 radical (unpaired) electrons. The zero-order valence-corrected chi connectivity index (χ0v) is 10.6. The smallest absolute Gasteiger partial charge is 0.326 e. The number of carboxylic acids is 1. The molecule has 0 saturated heterocycles. The molecule has 1 aromatic carbocycles. The third-order valence-electron chi connectivity index (χ3n) is 2.87. The highest BCUT2D eigenvalue weighted by atomic mass is 16.4. The van der Waals surface area contributed by atoms with E-state index in [-0.39, 0.29) is 0 Å². The van der Waals surface area contributed by atoms with Crippen LogP contribution in [-0.2, 0) is 4.79 Å². The molecule has 0 aliphatic carbocycles. The van der Waals surface area contributed by atoms with Crippen molar-refractivity contribution >= 4 is 11.7 Å². The monoisotopic (exact) mass is 235 g/mol. The fraction of sp³-hybridized carbons (Fsp3) is 0.500. The van der Waals surface area contributed by atoms with E-state index in [1.165, 1.54) is 0 Å². The van der Waals surface area contributed by atoms with Crippen LogP contribution in [0.15, 0.2) is 24.3 Å². The van der Waals surface area contributed by atoms with Crippen molar-refractivity contribution in [3.8, 4) is 0 Å². The van der Waals surface area contributed by atoms with Crippen molar-refractivity contribution in [1.29, 1.82) is 0 Å². The van der Waals surface area contributed by atoms with E-state index in [4.69, 9.17) is 5.11 Å². The van der Waals surface area contributed by atoms with Gasteiger partial charge in [-0.15, -0.1) is 0 Å². The molecule has 0 spiro atoms. The van der Waals surface area contributed by atoms with Gasteiger partial charge in [0.1, 0.15) is 6.04 Å². The standard InChI is InChI=1S/C14H21NO2/c1-3-4-5-10-13(14(16)17)15-12-9-7-6-8-11(12)2/h6-9,13,15H,3-5,10H2,1-2H3,(H,16,17). The molecule has 0 heterocycles. The SMILES string of the molecule is CCCCCC(Nc1ccccc1C)C(=O)O. The Morgan fingerprint density at radius 1 is 1.35 bits per heavy atom. The lowest BCUT2D eigenvalue weighted by molar-refractivity contribution is -0.138. The third-order valence-corrected chi connectivity index (χ3v) is 2.87. The third kappa shape index (κ3) is 4.47.